The molecule has 3 N–H and O–H groups in total. The summed E-state index contributed by atoms with van der Waals surface area (Å²) in [6.07, 6.45) is 1.75. The van der Waals surface area contributed by atoms with Crippen molar-refractivity contribution in [3.05, 3.63) is 71.4 Å². The quantitative estimate of drug-likeness (QED) is 0.290. The van der Waals surface area contributed by atoms with Gasteiger partial charge in [-0.05, 0) is 60.5 Å². The molecule has 0 radical (unpaired) electrons. The number of hydrogen-bond donors (Lipinski definition) is 2. The SMILES string of the molecule is COc1ccc(OCc2ccnc(-c3ccc(C(=O)NN)c(C)c3)c2)cc1P. The van der Waals surface area contributed by atoms with Gasteiger partial charge in [-0.1, -0.05) is 6.07 Å². The highest BCUT2D eigenvalue weighted by atomic mass is 31.0. The molecule has 1 aromatic heterocycles. The van der Waals surface area contributed by atoms with Gasteiger partial charge in [-0.2, -0.15) is 0 Å². The highest BCUT2D eigenvalue weighted by Gasteiger charge is 2.10. The molecule has 0 saturated carbocycles. The molecule has 0 aliphatic heterocycles. The molecule has 3 aromatic rings. The van der Waals surface area contributed by atoms with Crippen LogP contribution in [0, 0.1) is 6.92 Å². The number of nitrogens with zero attached hydrogens (tertiary/aromatic N) is 1. The molecule has 1 heterocycles. The topological polar surface area (TPSA) is 86.5 Å². The second-order valence-corrected chi connectivity index (χ2v) is 6.87. The number of nitrogens with two attached hydrogens (primary N) is 1. The van der Waals surface area contributed by atoms with Crippen molar-refractivity contribution in [1.29, 1.82) is 0 Å². The Balaban J connectivity index is 1.76. The van der Waals surface area contributed by atoms with Crippen molar-refractivity contribution in [3.63, 3.8) is 0 Å². The molecule has 0 saturated heterocycles. The average Bonchev–Trinajstić information content (AvgIpc) is 2.72. The molecule has 144 valence electrons. The summed E-state index contributed by atoms with van der Waals surface area (Å²) >= 11 is 0. The molecule has 0 fully saturated rings. The van der Waals surface area contributed by atoms with Crippen LogP contribution in [0.25, 0.3) is 11.3 Å². The molecular formula is C21H22N3O3P. The lowest BCUT2D eigenvalue weighted by Gasteiger charge is -2.11. The van der Waals surface area contributed by atoms with Gasteiger partial charge in [-0.3, -0.25) is 15.2 Å². The average molecular weight is 395 g/mol. The molecule has 0 spiro atoms. The lowest BCUT2D eigenvalue weighted by molar-refractivity contribution is 0.0953. The number of aromatic nitrogens is 1. The van der Waals surface area contributed by atoms with Crippen molar-refractivity contribution in [2.75, 3.05) is 7.11 Å². The molecule has 1 amide bonds. The molecular weight excluding hydrogens is 373 g/mol. The molecule has 7 heteroatoms. The van der Waals surface area contributed by atoms with Gasteiger partial charge < -0.3 is 9.47 Å². The van der Waals surface area contributed by atoms with Crippen LogP contribution >= 0.6 is 9.24 Å². The molecule has 28 heavy (non-hydrogen) atoms. The van der Waals surface area contributed by atoms with Gasteiger partial charge in [-0.15, -0.1) is 9.24 Å². The number of benzene rings is 2. The molecule has 1 atom stereocenters. The van der Waals surface area contributed by atoms with E-state index in [1.54, 1.807) is 19.4 Å². The third-order valence-corrected chi connectivity index (χ3v) is 4.78. The minimum Gasteiger partial charge on any atom is -0.496 e. The largest absolute Gasteiger partial charge is 0.496 e. The number of ether oxygens (including phenoxy) is 2. The number of amides is 1. The van der Waals surface area contributed by atoms with Crippen LogP contribution in [0.2, 0.25) is 0 Å². The Morgan fingerprint density at radius 1 is 1.18 bits per heavy atom. The lowest BCUT2D eigenvalue weighted by Crippen LogP contribution is -2.30. The summed E-state index contributed by atoms with van der Waals surface area (Å²) in [4.78, 5) is 16.2. The third-order valence-electron chi connectivity index (χ3n) is 4.33. The van der Waals surface area contributed by atoms with E-state index in [1.165, 1.54) is 0 Å². The summed E-state index contributed by atoms with van der Waals surface area (Å²) < 4.78 is 11.1. The number of aryl methyl sites for hydroxylation is 1. The maximum atomic E-state index is 11.7. The highest BCUT2D eigenvalue weighted by Crippen LogP contribution is 2.23. The lowest BCUT2D eigenvalue weighted by atomic mass is 10.0. The van der Waals surface area contributed by atoms with E-state index in [0.717, 1.165) is 39.2 Å². The van der Waals surface area contributed by atoms with Crippen LogP contribution in [0.3, 0.4) is 0 Å². The van der Waals surface area contributed by atoms with Gasteiger partial charge in [0.05, 0.1) is 12.8 Å². The minimum atomic E-state index is -0.313. The van der Waals surface area contributed by atoms with Gasteiger partial charge in [-0.25, -0.2) is 5.84 Å². The number of carbonyl (C=O) groups excluding carboxylic acids is 1. The van der Waals surface area contributed by atoms with E-state index in [0.29, 0.717) is 12.2 Å². The van der Waals surface area contributed by atoms with E-state index >= 15 is 0 Å². The summed E-state index contributed by atoms with van der Waals surface area (Å²) in [5.41, 5.74) is 6.25. The monoisotopic (exact) mass is 395 g/mol. The number of nitrogen functional groups attached to an aromatic ring is 1. The van der Waals surface area contributed by atoms with E-state index in [4.69, 9.17) is 15.3 Å². The normalized spacial score (nSPS) is 10.4. The fraction of sp³-hybridized carbons (Fsp3) is 0.143. The van der Waals surface area contributed by atoms with Crippen LogP contribution < -0.4 is 26.0 Å². The second-order valence-electron chi connectivity index (χ2n) is 6.24. The third kappa shape index (κ3) is 4.47. The van der Waals surface area contributed by atoms with Crippen molar-refractivity contribution in [2.45, 2.75) is 13.5 Å². The minimum absolute atomic E-state index is 0.313. The zero-order valence-corrected chi connectivity index (χ0v) is 16.9. The molecule has 0 aliphatic rings. The first-order valence-electron chi connectivity index (χ1n) is 8.65. The van der Waals surface area contributed by atoms with Crippen molar-refractivity contribution >= 4 is 20.5 Å². The zero-order valence-electron chi connectivity index (χ0n) is 15.7. The summed E-state index contributed by atoms with van der Waals surface area (Å²) in [5, 5.41) is 0.937. The van der Waals surface area contributed by atoms with Crippen molar-refractivity contribution in [2.24, 2.45) is 5.84 Å². The Labute approximate surface area is 166 Å². The van der Waals surface area contributed by atoms with Crippen molar-refractivity contribution in [3.8, 4) is 22.8 Å². The van der Waals surface area contributed by atoms with Crippen LogP contribution in [-0.2, 0) is 6.61 Å². The molecule has 0 bridgehead atoms. The Kier molecular flexibility index (Phi) is 6.24. The van der Waals surface area contributed by atoms with Gasteiger partial charge >= 0.3 is 0 Å². The Morgan fingerprint density at radius 2 is 2.00 bits per heavy atom. The fourth-order valence-corrected chi connectivity index (χ4v) is 3.22. The van der Waals surface area contributed by atoms with E-state index in [1.807, 2.05) is 49.4 Å². The highest BCUT2D eigenvalue weighted by molar-refractivity contribution is 7.27. The number of nitrogens with one attached hydrogen (secondary N) is 1. The van der Waals surface area contributed by atoms with Crippen LogP contribution in [0.15, 0.2) is 54.7 Å². The predicted molar refractivity (Wildman–Crippen MR) is 113 cm³/mol. The van der Waals surface area contributed by atoms with E-state index in [2.05, 4.69) is 19.6 Å². The van der Waals surface area contributed by atoms with Crippen molar-refractivity contribution in [1.82, 2.24) is 10.4 Å². The molecule has 0 aliphatic carbocycles. The summed E-state index contributed by atoms with van der Waals surface area (Å²) in [6, 6.07) is 15.1. The Hall–Kier alpha value is -2.95. The van der Waals surface area contributed by atoms with E-state index in [-0.39, 0.29) is 5.91 Å². The second kappa shape index (κ2) is 8.83. The maximum absolute atomic E-state index is 11.7. The van der Waals surface area contributed by atoms with Crippen LogP contribution in [0.5, 0.6) is 11.5 Å². The van der Waals surface area contributed by atoms with E-state index < -0.39 is 0 Å². The van der Waals surface area contributed by atoms with Crippen LogP contribution in [-0.4, -0.2) is 18.0 Å². The summed E-state index contributed by atoms with van der Waals surface area (Å²) in [7, 11) is 4.27. The van der Waals surface area contributed by atoms with Gasteiger partial charge in [0, 0.05) is 22.6 Å². The standard InChI is InChI=1S/C21H22N3O3P/c1-13-9-15(3-5-17(13)21(25)24-22)18-10-14(7-8-23-18)12-27-16-4-6-19(26-2)20(28)11-16/h3-11H,12,22,28H2,1-2H3,(H,24,25). The van der Waals surface area contributed by atoms with E-state index in [9.17, 15) is 4.79 Å². The smallest absolute Gasteiger partial charge is 0.265 e. The van der Waals surface area contributed by atoms with Gasteiger partial charge in [0.15, 0.2) is 0 Å². The predicted octanol–water partition coefficient (Wildman–Crippen LogP) is 2.75. The first-order valence-corrected chi connectivity index (χ1v) is 9.22. The molecule has 1 unspecified atom stereocenters. The van der Waals surface area contributed by atoms with Gasteiger partial charge in [0.25, 0.3) is 5.91 Å². The number of rotatable bonds is 6. The number of pyridine rings is 1. The maximum Gasteiger partial charge on any atom is 0.265 e. The van der Waals surface area contributed by atoms with Crippen LogP contribution in [0.1, 0.15) is 21.5 Å². The number of carbonyl (C=O) groups is 1. The summed E-state index contributed by atoms with van der Waals surface area (Å²) in [6.45, 7) is 2.28. The first-order chi connectivity index (χ1) is 13.5. The number of hydrazine groups is 1. The number of hydrogen-bond acceptors (Lipinski definition) is 5. The summed E-state index contributed by atoms with van der Waals surface area (Å²) in [5.74, 6) is 6.46. The molecule has 2 aromatic carbocycles. The van der Waals surface area contributed by atoms with Crippen LogP contribution in [0.4, 0.5) is 0 Å². The van der Waals surface area contributed by atoms with Crippen molar-refractivity contribution < 1.29 is 14.3 Å². The fourth-order valence-electron chi connectivity index (χ4n) is 2.85. The molecule has 6 nitrogen and oxygen atoms in total. The number of methoxy groups -OCH3 is 1. The first kappa shape index (κ1) is 19.8. The Bertz CT molecular complexity index is 1010. The Morgan fingerprint density at radius 3 is 2.68 bits per heavy atom. The van der Waals surface area contributed by atoms with Gasteiger partial charge in [0.2, 0.25) is 0 Å². The zero-order chi connectivity index (χ0) is 20.1. The molecule has 3 rings (SSSR count). The van der Waals surface area contributed by atoms with Gasteiger partial charge in [0.1, 0.15) is 18.1 Å².